The molecule has 0 atom stereocenters. The second-order valence-electron chi connectivity index (χ2n) is 3.88. The third-order valence-corrected chi connectivity index (χ3v) is 2.63. The highest BCUT2D eigenvalue weighted by molar-refractivity contribution is 5.73. The van der Waals surface area contributed by atoms with Gasteiger partial charge in [0.1, 0.15) is 0 Å². The standard InChI is InChI=1S/C12H15N3/c1-8(2)12-9(3)10(7-15(12)4)11-5-6-13-14-11/h5-7H,1H2,2-4H3,(H,13,14). The molecule has 1 N–H and O–H groups in total. The molecule has 0 aliphatic heterocycles. The molecule has 3 heteroatoms. The minimum Gasteiger partial charge on any atom is -0.350 e. The summed E-state index contributed by atoms with van der Waals surface area (Å²) in [6.45, 7) is 8.13. The highest BCUT2D eigenvalue weighted by atomic mass is 15.1. The lowest BCUT2D eigenvalue weighted by Crippen LogP contribution is -1.92. The third-order valence-electron chi connectivity index (χ3n) is 2.63. The molecule has 2 aromatic heterocycles. The average molecular weight is 201 g/mol. The number of rotatable bonds is 2. The van der Waals surface area contributed by atoms with E-state index in [2.05, 4.69) is 34.5 Å². The molecule has 2 heterocycles. The summed E-state index contributed by atoms with van der Waals surface area (Å²) in [5.74, 6) is 0. The van der Waals surface area contributed by atoms with Gasteiger partial charge in [0.25, 0.3) is 0 Å². The van der Waals surface area contributed by atoms with Gasteiger partial charge < -0.3 is 4.57 Å². The summed E-state index contributed by atoms with van der Waals surface area (Å²) in [4.78, 5) is 0. The van der Waals surface area contributed by atoms with Crippen molar-refractivity contribution in [3.63, 3.8) is 0 Å². The van der Waals surface area contributed by atoms with E-state index in [4.69, 9.17) is 0 Å². The summed E-state index contributed by atoms with van der Waals surface area (Å²) in [5, 5.41) is 6.95. The SMILES string of the molecule is C=C(C)c1c(C)c(-c2ccn[nH]2)cn1C. The van der Waals surface area contributed by atoms with Crippen LogP contribution in [0.1, 0.15) is 18.2 Å². The van der Waals surface area contributed by atoms with E-state index in [-0.39, 0.29) is 0 Å². The first-order chi connectivity index (χ1) is 7.11. The van der Waals surface area contributed by atoms with E-state index in [1.54, 1.807) is 6.20 Å². The Kier molecular flexibility index (Phi) is 2.23. The lowest BCUT2D eigenvalue weighted by Gasteiger charge is -2.03. The second-order valence-corrected chi connectivity index (χ2v) is 3.88. The molecule has 15 heavy (non-hydrogen) atoms. The first-order valence-corrected chi connectivity index (χ1v) is 4.93. The van der Waals surface area contributed by atoms with E-state index < -0.39 is 0 Å². The fourth-order valence-electron chi connectivity index (χ4n) is 2.05. The molecule has 0 aliphatic carbocycles. The van der Waals surface area contributed by atoms with Crippen LogP contribution < -0.4 is 0 Å². The first kappa shape index (κ1) is 9.77. The van der Waals surface area contributed by atoms with Crippen LogP contribution >= 0.6 is 0 Å². The van der Waals surface area contributed by atoms with Crippen LogP contribution in [0.2, 0.25) is 0 Å². The fourth-order valence-corrected chi connectivity index (χ4v) is 2.05. The Labute approximate surface area is 89.4 Å². The van der Waals surface area contributed by atoms with Crippen molar-refractivity contribution in [3.05, 3.63) is 36.3 Å². The number of allylic oxidation sites excluding steroid dienone is 1. The average Bonchev–Trinajstić information content (AvgIpc) is 2.72. The molecular formula is C12H15N3. The molecule has 2 aromatic rings. The molecule has 0 unspecified atom stereocenters. The number of aromatic amines is 1. The van der Waals surface area contributed by atoms with Crippen molar-refractivity contribution in [1.29, 1.82) is 0 Å². The Morgan fingerprint density at radius 2 is 2.27 bits per heavy atom. The molecule has 0 saturated heterocycles. The predicted molar refractivity (Wildman–Crippen MR) is 62.4 cm³/mol. The van der Waals surface area contributed by atoms with Gasteiger partial charge >= 0.3 is 0 Å². The topological polar surface area (TPSA) is 33.6 Å². The van der Waals surface area contributed by atoms with Crippen LogP contribution in [0.3, 0.4) is 0 Å². The number of H-pyrrole nitrogens is 1. The van der Waals surface area contributed by atoms with Crippen LogP contribution in [0.5, 0.6) is 0 Å². The Morgan fingerprint density at radius 1 is 1.53 bits per heavy atom. The minimum atomic E-state index is 1.05. The number of nitrogens with one attached hydrogen (secondary N) is 1. The molecule has 0 spiro atoms. The van der Waals surface area contributed by atoms with Gasteiger partial charge in [0, 0.05) is 30.7 Å². The summed E-state index contributed by atoms with van der Waals surface area (Å²) in [5.41, 5.74) is 5.76. The zero-order valence-electron chi connectivity index (χ0n) is 9.33. The molecule has 2 rings (SSSR count). The maximum absolute atomic E-state index is 4.00. The van der Waals surface area contributed by atoms with Crippen molar-refractivity contribution in [3.8, 4) is 11.3 Å². The highest BCUT2D eigenvalue weighted by Gasteiger charge is 2.12. The van der Waals surface area contributed by atoms with Crippen molar-refractivity contribution in [1.82, 2.24) is 14.8 Å². The van der Waals surface area contributed by atoms with Gasteiger partial charge in [0.2, 0.25) is 0 Å². The summed E-state index contributed by atoms with van der Waals surface area (Å²) in [7, 11) is 2.04. The normalized spacial score (nSPS) is 10.6. The van der Waals surface area contributed by atoms with Crippen molar-refractivity contribution < 1.29 is 0 Å². The van der Waals surface area contributed by atoms with Crippen molar-refractivity contribution in [2.45, 2.75) is 13.8 Å². The molecular weight excluding hydrogens is 186 g/mol. The van der Waals surface area contributed by atoms with Crippen LogP contribution in [-0.4, -0.2) is 14.8 Å². The summed E-state index contributed by atoms with van der Waals surface area (Å²) < 4.78 is 2.10. The number of nitrogens with zero attached hydrogens (tertiary/aromatic N) is 2. The van der Waals surface area contributed by atoms with E-state index in [0.717, 1.165) is 11.3 Å². The number of hydrogen-bond acceptors (Lipinski definition) is 1. The summed E-state index contributed by atoms with van der Waals surface area (Å²) >= 11 is 0. The molecule has 0 fully saturated rings. The quantitative estimate of drug-likeness (QED) is 0.796. The van der Waals surface area contributed by atoms with Crippen LogP contribution in [-0.2, 0) is 7.05 Å². The van der Waals surface area contributed by atoms with E-state index in [1.165, 1.54) is 16.8 Å². The lowest BCUT2D eigenvalue weighted by atomic mass is 10.1. The third kappa shape index (κ3) is 1.50. The van der Waals surface area contributed by atoms with Crippen LogP contribution in [0, 0.1) is 6.92 Å². The number of aromatic nitrogens is 3. The van der Waals surface area contributed by atoms with Crippen molar-refractivity contribution in [2.24, 2.45) is 7.05 Å². The van der Waals surface area contributed by atoms with Crippen molar-refractivity contribution in [2.75, 3.05) is 0 Å². The number of hydrogen-bond donors (Lipinski definition) is 1. The van der Waals surface area contributed by atoms with Crippen molar-refractivity contribution >= 4 is 5.57 Å². The molecule has 0 radical (unpaired) electrons. The molecule has 0 saturated carbocycles. The number of aryl methyl sites for hydroxylation is 1. The summed E-state index contributed by atoms with van der Waals surface area (Å²) in [6, 6.07) is 1.98. The van der Waals surface area contributed by atoms with Gasteiger partial charge in [-0.1, -0.05) is 6.58 Å². The Morgan fingerprint density at radius 3 is 2.73 bits per heavy atom. The maximum atomic E-state index is 4.00. The Hall–Kier alpha value is -1.77. The van der Waals surface area contributed by atoms with Crippen LogP contribution in [0.25, 0.3) is 16.8 Å². The van der Waals surface area contributed by atoms with Gasteiger partial charge in [-0.05, 0) is 31.1 Å². The fraction of sp³-hybridized carbons (Fsp3) is 0.250. The van der Waals surface area contributed by atoms with Gasteiger partial charge in [-0.15, -0.1) is 0 Å². The Bertz CT molecular complexity index is 489. The zero-order valence-corrected chi connectivity index (χ0v) is 9.33. The van der Waals surface area contributed by atoms with Gasteiger partial charge in [0.05, 0.1) is 5.69 Å². The molecule has 0 amide bonds. The highest BCUT2D eigenvalue weighted by Crippen LogP contribution is 2.28. The van der Waals surface area contributed by atoms with Crippen LogP contribution in [0.15, 0.2) is 25.0 Å². The van der Waals surface area contributed by atoms with Gasteiger partial charge in [-0.2, -0.15) is 5.10 Å². The van der Waals surface area contributed by atoms with Crippen LogP contribution in [0.4, 0.5) is 0 Å². The van der Waals surface area contributed by atoms with Gasteiger partial charge in [-0.3, -0.25) is 5.10 Å². The first-order valence-electron chi connectivity index (χ1n) is 4.93. The van der Waals surface area contributed by atoms with Gasteiger partial charge in [0.15, 0.2) is 0 Å². The molecule has 0 bridgehead atoms. The van der Waals surface area contributed by atoms with E-state index in [0.29, 0.717) is 0 Å². The largest absolute Gasteiger partial charge is 0.350 e. The second kappa shape index (κ2) is 3.42. The zero-order chi connectivity index (χ0) is 11.0. The van der Waals surface area contributed by atoms with E-state index in [1.807, 2.05) is 20.0 Å². The smallest absolute Gasteiger partial charge is 0.0668 e. The molecule has 0 aromatic carbocycles. The Balaban J connectivity index is 2.61. The lowest BCUT2D eigenvalue weighted by molar-refractivity contribution is 0.904. The molecule has 0 aliphatic rings. The molecule has 3 nitrogen and oxygen atoms in total. The van der Waals surface area contributed by atoms with E-state index >= 15 is 0 Å². The predicted octanol–water partition coefficient (Wildman–Crippen LogP) is 2.76. The van der Waals surface area contributed by atoms with Gasteiger partial charge in [-0.25, -0.2) is 0 Å². The monoisotopic (exact) mass is 201 g/mol. The summed E-state index contributed by atoms with van der Waals surface area (Å²) in [6.07, 6.45) is 3.87. The van der Waals surface area contributed by atoms with E-state index in [9.17, 15) is 0 Å². The minimum absolute atomic E-state index is 1.05. The molecule has 78 valence electrons. The maximum Gasteiger partial charge on any atom is 0.0668 e.